The molecule has 6 heterocycles. The predicted octanol–water partition coefficient (Wildman–Crippen LogP) is 4.99. The van der Waals surface area contributed by atoms with Crippen LogP contribution in [-0.2, 0) is 63.2 Å². The third kappa shape index (κ3) is 11.3. The van der Waals surface area contributed by atoms with Crippen LogP contribution in [0.25, 0.3) is 0 Å². The molecular weight excluding hydrogens is 941 g/mol. The summed E-state index contributed by atoms with van der Waals surface area (Å²) in [6.07, 6.45) is 10.9. The van der Waals surface area contributed by atoms with Crippen LogP contribution in [0, 0.1) is 0 Å². The molecule has 2 atom stereocenters. The largest absolute Gasteiger partial charge is 0.494 e. The Balaban J connectivity index is 0.797. The summed E-state index contributed by atoms with van der Waals surface area (Å²) < 4.78 is 22.5. The Morgan fingerprint density at radius 2 is 1.34 bits per heavy atom. The van der Waals surface area contributed by atoms with E-state index in [2.05, 4.69) is 36.3 Å². The van der Waals surface area contributed by atoms with E-state index in [-0.39, 0.29) is 72.2 Å². The lowest BCUT2D eigenvalue weighted by Crippen LogP contribution is -2.41. The first-order valence-electron chi connectivity index (χ1n) is 23.7. The molecule has 5 N–H and O–H groups in total. The van der Waals surface area contributed by atoms with Gasteiger partial charge in [-0.1, -0.05) is 18.2 Å². The van der Waals surface area contributed by atoms with Crippen molar-refractivity contribution in [3.05, 3.63) is 119 Å². The molecule has 73 heavy (non-hydrogen) atoms. The highest BCUT2D eigenvalue weighted by Crippen LogP contribution is 2.39. The van der Waals surface area contributed by atoms with Crippen molar-refractivity contribution in [2.45, 2.75) is 64.0 Å². The summed E-state index contributed by atoms with van der Waals surface area (Å²) in [5, 5.41) is 13.9. The Bertz CT molecular complexity index is 3110. The van der Waals surface area contributed by atoms with Crippen LogP contribution >= 0.6 is 0 Å². The molecule has 6 amide bonds. The minimum Gasteiger partial charge on any atom is -0.494 e. The minimum absolute atomic E-state index is 0.0260. The first-order chi connectivity index (χ1) is 35.0. The van der Waals surface area contributed by atoms with Gasteiger partial charge in [-0.15, -0.1) is 0 Å². The van der Waals surface area contributed by atoms with Gasteiger partial charge in [0.25, 0.3) is 29.5 Å². The number of para-hydroxylation sites is 1. The molecule has 0 saturated heterocycles. The number of aryl methyl sites for hydroxylation is 4. The fourth-order valence-electron chi connectivity index (χ4n) is 9.09. The highest BCUT2D eigenvalue weighted by atomic mass is 16.5. The molecule has 0 fully saturated rings. The Morgan fingerprint density at radius 1 is 0.712 bits per heavy atom. The lowest BCUT2D eigenvalue weighted by atomic mass is 9.95. The van der Waals surface area contributed by atoms with Gasteiger partial charge in [-0.05, 0) is 62.1 Å². The number of nitrogens with one attached hydrogen (secondary N) is 5. The molecule has 2 aliphatic heterocycles. The first-order valence-corrected chi connectivity index (χ1v) is 23.7. The number of amides is 6. The van der Waals surface area contributed by atoms with E-state index in [9.17, 15) is 33.6 Å². The van der Waals surface area contributed by atoms with E-state index in [4.69, 9.17) is 14.5 Å². The zero-order valence-corrected chi connectivity index (χ0v) is 41.7. The van der Waals surface area contributed by atoms with E-state index in [0.29, 0.717) is 78.5 Å². The number of fused-ring (bicyclic) bond motifs is 4. The van der Waals surface area contributed by atoms with Crippen LogP contribution < -0.4 is 31.5 Å². The third-order valence-electron chi connectivity index (χ3n) is 12.8. The van der Waals surface area contributed by atoms with Crippen molar-refractivity contribution in [3.8, 4) is 0 Å². The fourth-order valence-corrected chi connectivity index (χ4v) is 9.09. The Kier molecular flexibility index (Phi) is 15.1. The van der Waals surface area contributed by atoms with Crippen molar-refractivity contribution in [3.63, 3.8) is 0 Å². The van der Waals surface area contributed by atoms with Gasteiger partial charge < -0.3 is 59.1 Å². The van der Waals surface area contributed by atoms with E-state index >= 15 is 0 Å². The van der Waals surface area contributed by atoms with Crippen LogP contribution in [0.4, 0.5) is 28.6 Å². The van der Waals surface area contributed by atoms with Crippen molar-refractivity contribution in [1.82, 2.24) is 28.6 Å². The summed E-state index contributed by atoms with van der Waals surface area (Å²) in [6.45, 7) is 2.54. The second kappa shape index (κ2) is 21.7. The third-order valence-corrected chi connectivity index (χ3v) is 12.8. The van der Waals surface area contributed by atoms with Gasteiger partial charge in [0.1, 0.15) is 22.8 Å². The maximum Gasteiger partial charge on any atom is 0.305 e. The number of imidazole rings is 1. The van der Waals surface area contributed by atoms with Gasteiger partial charge >= 0.3 is 5.97 Å². The maximum atomic E-state index is 13.9. The van der Waals surface area contributed by atoms with Gasteiger partial charge in [-0.25, -0.2) is 4.98 Å². The van der Waals surface area contributed by atoms with E-state index in [1.807, 2.05) is 36.1 Å². The van der Waals surface area contributed by atoms with Gasteiger partial charge in [0.15, 0.2) is 11.6 Å². The number of benzene rings is 1. The summed E-state index contributed by atoms with van der Waals surface area (Å²) >= 11 is 0. The second-order valence-corrected chi connectivity index (χ2v) is 18.0. The summed E-state index contributed by atoms with van der Waals surface area (Å²) in [6, 6.07) is 11.9. The normalized spacial score (nSPS) is 15.8. The average Bonchev–Trinajstić information content (AvgIpc) is 4.18. The molecule has 5 aromatic rings. The van der Waals surface area contributed by atoms with E-state index in [0.717, 1.165) is 17.0 Å². The molecule has 22 heteroatoms. The number of methoxy groups -OCH3 is 2. The number of hydrogen-bond acceptors (Lipinski definition) is 12. The van der Waals surface area contributed by atoms with Crippen LogP contribution in [0.1, 0.15) is 93.1 Å². The molecule has 22 nitrogen and oxygen atoms in total. The quantitative estimate of drug-likeness (QED) is 0.0544. The molecule has 0 bridgehead atoms. The number of unbranched alkanes of at least 4 members (excludes halogenated alkanes) is 1. The fraction of sp³-hybridized carbons (Fsp3) is 0.353. The number of aliphatic imine (C=N–C) groups is 1. The van der Waals surface area contributed by atoms with E-state index < -0.39 is 23.8 Å². The number of esters is 1. The van der Waals surface area contributed by atoms with Crippen molar-refractivity contribution in [1.29, 1.82) is 0 Å². The Labute approximate surface area is 420 Å². The monoisotopic (exact) mass is 998 g/mol. The minimum atomic E-state index is -0.605. The summed E-state index contributed by atoms with van der Waals surface area (Å²) in [4.78, 5) is 102. The van der Waals surface area contributed by atoms with Gasteiger partial charge in [-0.2, -0.15) is 0 Å². The van der Waals surface area contributed by atoms with Crippen molar-refractivity contribution < 1.29 is 47.8 Å². The standard InChI is InChI=1S/C51H58N12O10/c1-29-37-19-30-13-8-9-14-36(30)63(37)51(70)34-23-41(71-6)42(24-35(34)53-29)73-18-12-15-44(64)54-31-20-40(60(3)25-31)49(68)58-43-28-62(5)46(57-43)50(69)56-33-22-39(61(4)27-33)48(67)55-32-21-38(59(2)26-32)47(66)52-17-11-10-16-45(65)72-7/h8-9,13-14,20-23,25-28,35,37H,10-12,15-19,24H2,1-7H3,(H,52,66)(H,54,64)(H,55,67)(H,56,69)(H,58,68). The number of rotatable bonds is 19. The summed E-state index contributed by atoms with van der Waals surface area (Å²) in [5.74, 6) is -1.58. The topological polar surface area (TPSA) is 256 Å². The number of allylic oxidation sites excluding steroid dienone is 1. The molecular formula is C51H58N12O10. The number of ether oxygens (including phenoxy) is 3. The van der Waals surface area contributed by atoms with Crippen LogP contribution in [-0.4, -0.2) is 110 Å². The molecule has 382 valence electrons. The SMILES string of the molecule is COC(=O)CCCCNC(=O)c1cc(NC(=O)c2cc(NC(=O)c3nc(NC(=O)c4cc(NC(=O)CCCOC5=C(OC)C=C6C(=O)N7c8ccccc8CC7C(C)=NC6C5)cn4C)cn3C)cn2C)cn1C. The average molecular weight is 999 g/mol. The first kappa shape index (κ1) is 50.7. The number of aromatic nitrogens is 5. The lowest BCUT2D eigenvalue weighted by Gasteiger charge is -2.26. The molecule has 1 aliphatic carbocycles. The molecule has 0 saturated carbocycles. The molecule has 0 spiro atoms. The number of carbonyl (C=O) groups is 7. The second-order valence-electron chi connectivity index (χ2n) is 18.0. The van der Waals surface area contributed by atoms with Gasteiger partial charge in [-0.3, -0.25) is 43.5 Å². The molecule has 0 radical (unpaired) electrons. The Hall–Kier alpha value is -8.69. The highest BCUT2D eigenvalue weighted by Gasteiger charge is 2.42. The van der Waals surface area contributed by atoms with Crippen molar-refractivity contribution in [2.75, 3.05) is 53.5 Å². The van der Waals surface area contributed by atoms with E-state index in [1.54, 1.807) is 68.1 Å². The van der Waals surface area contributed by atoms with Crippen LogP contribution in [0.2, 0.25) is 0 Å². The molecule has 4 aromatic heterocycles. The number of carbonyl (C=O) groups excluding carboxylic acids is 7. The predicted molar refractivity (Wildman–Crippen MR) is 270 cm³/mol. The summed E-state index contributed by atoms with van der Waals surface area (Å²) in [7, 11) is 9.42. The van der Waals surface area contributed by atoms with Crippen LogP contribution in [0.15, 0.2) is 95.4 Å². The zero-order chi connectivity index (χ0) is 52.1. The van der Waals surface area contributed by atoms with E-state index in [1.165, 1.54) is 41.7 Å². The number of anilines is 5. The molecule has 3 aliphatic rings. The maximum absolute atomic E-state index is 13.9. The summed E-state index contributed by atoms with van der Waals surface area (Å²) in [5.41, 5.74) is 5.28. The zero-order valence-electron chi connectivity index (χ0n) is 41.7. The number of nitrogens with zero attached hydrogens (tertiary/aromatic N) is 7. The van der Waals surface area contributed by atoms with Crippen LogP contribution in [0.5, 0.6) is 0 Å². The molecule has 8 rings (SSSR count). The van der Waals surface area contributed by atoms with Crippen LogP contribution in [0.3, 0.4) is 0 Å². The number of hydrogen-bond donors (Lipinski definition) is 5. The van der Waals surface area contributed by atoms with Gasteiger partial charge in [0, 0.05) is 102 Å². The Morgan fingerprint density at radius 3 is 2.01 bits per heavy atom. The highest BCUT2D eigenvalue weighted by molar-refractivity contribution is 6.15. The van der Waals surface area contributed by atoms with Gasteiger partial charge in [0.2, 0.25) is 11.7 Å². The van der Waals surface area contributed by atoms with Crippen molar-refractivity contribution >= 4 is 75.7 Å². The lowest BCUT2D eigenvalue weighted by molar-refractivity contribution is -0.140. The molecule has 1 aromatic carbocycles. The van der Waals surface area contributed by atoms with Crippen molar-refractivity contribution in [2.24, 2.45) is 33.2 Å². The van der Waals surface area contributed by atoms with Gasteiger partial charge in [0.05, 0.1) is 50.0 Å². The molecule has 2 unspecified atom stereocenters. The smallest absolute Gasteiger partial charge is 0.305 e.